The van der Waals surface area contributed by atoms with Gasteiger partial charge in [-0.05, 0) is 120 Å². The molecule has 24 heteroatoms. The minimum atomic E-state index is -2.56. The maximum atomic E-state index is 15.6. The third-order valence-electron chi connectivity index (χ3n) is 16.5. The molecule has 12 atom stereocenters. The van der Waals surface area contributed by atoms with E-state index in [4.69, 9.17) is 4.43 Å². The van der Waals surface area contributed by atoms with Crippen molar-refractivity contribution in [2.75, 3.05) is 55.9 Å². The lowest BCUT2D eigenvalue weighted by atomic mass is 9.91. The highest BCUT2D eigenvalue weighted by Gasteiger charge is 2.47. The fourth-order valence-electron chi connectivity index (χ4n) is 11.3. The molecule has 0 aromatic heterocycles. The van der Waals surface area contributed by atoms with Crippen LogP contribution in [0.4, 0.5) is 0 Å². The fraction of sp³-hybridized carbons (Fsp3) is 0.800. The summed E-state index contributed by atoms with van der Waals surface area (Å²) in [5.74, 6) is -8.92. The van der Waals surface area contributed by atoms with Gasteiger partial charge in [-0.3, -0.25) is 52.7 Å². The lowest BCUT2D eigenvalue weighted by Gasteiger charge is -2.43. The van der Waals surface area contributed by atoms with E-state index in [1.165, 1.54) is 97.5 Å². The zero-order chi connectivity index (χ0) is 69.2. The first-order valence-corrected chi connectivity index (χ1v) is 35.7. The SMILES string of the molecule is C/C=C/CC(C)C(O[Si](C)(C)C)C1C(=O)NC(CC)C(=O)N(C)CC(=O)N(C)C(CC(C)C)C(=O)NC(C(C)C)C(=O)N(C)C(CC(C)C)C(=O)NC(C)C(=O)NC(C)C(=O)N(C)C(CC(C)C)C(=O)N(C)C(CC(C)C)C(=O)N(C)C(C(C)C)C(=O)N1C. The second kappa shape index (κ2) is 36.2. The fourth-order valence-corrected chi connectivity index (χ4v) is 12.4. The smallest absolute Gasteiger partial charge is 0.246 e. The monoisotopic (exact) mass is 1270 g/mol. The number of carbonyl (C=O) groups is 11. The Morgan fingerprint density at radius 2 is 0.888 bits per heavy atom. The molecule has 11 amide bonds. The van der Waals surface area contributed by atoms with Crippen LogP contribution >= 0.6 is 0 Å². The number of hydrogen-bond acceptors (Lipinski definition) is 12. The van der Waals surface area contributed by atoms with Crippen molar-refractivity contribution in [1.82, 2.24) is 55.6 Å². The van der Waals surface area contributed by atoms with Crippen LogP contribution in [0.3, 0.4) is 0 Å². The number of carbonyl (C=O) groups excluding carboxylic acids is 11. The van der Waals surface area contributed by atoms with Crippen LogP contribution in [0.15, 0.2) is 12.2 Å². The molecule has 1 aliphatic heterocycles. The first kappa shape index (κ1) is 81.1. The average molecular weight is 1270 g/mol. The van der Waals surface area contributed by atoms with E-state index in [1.54, 1.807) is 34.6 Å². The van der Waals surface area contributed by atoms with Crippen molar-refractivity contribution < 1.29 is 57.2 Å². The van der Waals surface area contributed by atoms with E-state index in [0.29, 0.717) is 6.42 Å². The molecule has 0 aromatic rings. The molecule has 1 aliphatic rings. The topological polar surface area (TPSA) is 268 Å². The third kappa shape index (κ3) is 23.7. The van der Waals surface area contributed by atoms with Gasteiger partial charge in [0.2, 0.25) is 65.0 Å². The Hall–Kier alpha value is -5.91. The van der Waals surface area contributed by atoms with Crippen LogP contribution in [0.25, 0.3) is 0 Å². The summed E-state index contributed by atoms with van der Waals surface area (Å²) in [5, 5.41) is 11.2. The van der Waals surface area contributed by atoms with Crippen molar-refractivity contribution in [2.24, 2.45) is 41.4 Å². The molecule has 89 heavy (non-hydrogen) atoms. The normalized spacial score (nSPS) is 26.4. The van der Waals surface area contributed by atoms with Crippen LogP contribution in [0, 0.1) is 41.4 Å². The molecule has 0 aromatic carbocycles. The van der Waals surface area contributed by atoms with Gasteiger partial charge >= 0.3 is 0 Å². The van der Waals surface area contributed by atoms with Crippen LogP contribution in [-0.2, 0) is 57.2 Å². The van der Waals surface area contributed by atoms with Gasteiger partial charge in [0.05, 0.1) is 12.6 Å². The van der Waals surface area contributed by atoms with Crippen LogP contribution in [0.5, 0.6) is 0 Å². The van der Waals surface area contributed by atoms with Crippen molar-refractivity contribution in [3.8, 4) is 0 Å². The number of rotatable bonds is 17. The third-order valence-corrected chi connectivity index (χ3v) is 17.5. The van der Waals surface area contributed by atoms with E-state index in [2.05, 4.69) is 21.3 Å². The summed E-state index contributed by atoms with van der Waals surface area (Å²) in [5.41, 5.74) is 0. The zero-order valence-corrected chi connectivity index (χ0v) is 60.5. The van der Waals surface area contributed by atoms with Gasteiger partial charge in [0.1, 0.15) is 60.4 Å². The van der Waals surface area contributed by atoms with Crippen molar-refractivity contribution >= 4 is 73.3 Å². The lowest BCUT2D eigenvalue weighted by Crippen LogP contribution is -2.64. The van der Waals surface area contributed by atoms with Gasteiger partial charge in [0.25, 0.3) is 0 Å². The minimum absolute atomic E-state index is 0.0680. The molecule has 0 bridgehead atoms. The molecule has 23 nitrogen and oxygen atoms in total. The van der Waals surface area contributed by atoms with E-state index in [0.717, 1.165) is 0 Å². The van der Waals surface area contributed by atoms with Crippen molar-refractivity contribution in [3.05, 3.63) is 12.2 Å². The van der Waals surface area contributed by atoms with Crippen molar-refractivity contribution in [1.29, 1.82) is 0 Å². The number of nitrogens with one attached hydrogen (secondary N) is 4. The second-order valence-corrected chi connectivity index (χ2v) is 32.8. The summed E-state index contributed by atoms with van der Waals surface area (Å²) in [6.45, 7) is 35.9. The number of allylic oxidation sites excluding steroid dienone is 2. The van der Waals surface area contributed by atoms with Crippen molar-refractivity contribution in [2.45, 2.75) is 242 Å². The van der Waals surface area contributed by atoms with E-state index < -0.39 is 158 Å². The highest BCUT2D eigenvalue weighted by Crippen LogP contribution is 2.28. The molecular weight excluding hydrogens is 1150 g/mol. The standard InChI is InChI=1S/C65H119N11O12Si/c1-28-30-31-43(15)55(88-89(25,26)27)54-59(81)68-46(29-2)61(83)70(18)36-51(77)71(19)47(32-37(3)4)58(80)69-52(41(11)12)64(86)72(20)48(33-38(5)6)57(79)66-44(16)56(78)67-45(17)60(82)73(21)49(34-39(7)8)62(84)74(22)50(35-40(9)10)63(85)75(23)53(42(13)14)65(87)76(54)24/h28,30,37-50,52-55H,29,31-36H2,1-27H3,(H,66,79)(H,67,78)(H,68,81)(H,69,80)/b30-28+. The van der Waals surface area contributed by atoms with Gasteiger partial charge in [-0.15, -0.1) is 0 Å². The maximum absolute atomic E-state index is 15.6. The van der Waals surface area contributed by atoms with Gasteiger partial charge in [-0.1, -0.05) is 109 Å². The molecular formula is C65H119N11O12Si. The molecule has 12 unspecified atom stereocenters. The molecule has 0 spiro atoms. The van der Waals surface area contributed by atoms with E-state index in [9.17, 15) is 33.6 Å². The Morgan fingerprint density at radius 3 is 1.33 bits per heavy atom. The second-order valence-electron chi connectivity index (χ2n) is 28.3. The van der Waals surface area contributed by atoms with Crippen LogP contribution in [0.1, 0.15) is 156 Å². The highest BCUT2D eigenvalue weighted by atomic mass is 28.4. The summed E-state index contributed by atoms with van der Waals surface area (Å²) in [4.78, 5) is 171. The first-order valence-electron chi connectivity index (χ1n) is 32.2. The van der Waals surface area contributed by atoms with Gasteiger partial charge < -0.3 is 60.0 Å². The van der Waals surface area contributed by atoms with E-state index >= 15 is 19.2 Å². The predicted octanol–water partition coefficient (Wildman–Crippen LogP) is 5.13. The van der Waals surface area contributed by atoms with Gasteiger partial charge in [-0.25, -0.2) is 0 Å². The molecule has 0 aliphatic carbocycles. The summed E-state index contributed by atoms with van der Waals surface area (Å²) < 4.78 is 6.89. The largest absolute Gasteiger partial charge is 0.412 e. The Morgan fingerprint density at radius 1 is 0.472 bits per heavy atom. The molecule has 0 radical (unpaired) electrons. The van der Waals surface area contributed by atoms with E-state index in [-0.39, 0.29) is 61.7 Å². The van der Waals surface area contributed by atoms with Gasteiger partial charge in [0.15, 0.2) is 8.32 Å². The predicted molar refractivity (Wildman–Crippen MR) is 351 cm³/mol. The number of amides is 11. The summed E-state index contributed by atoms with van der Waals surface area (Å²) in [7, 11) is 7.68. The van der Waals surface area contributed by atoms with Gasteiger partial charge in [-0.2, -0.15) is 0 Å². The zero-order valence-electron chi connectivity index (χ0n) is 59.5. The molecule has 1 heterocycles. The molecule has 510 valence electrons. The average Bonchev–Trinajstić information content (AvgIpc) is 1.10. The van der Waals surface area contributed by atoms with Crippen LogP contribution < -0.4 is 21.3 Å². The summed E-state index contributed by atoms with van der Waals surface area (Å²) >= 11 is 0. The first-order chi connectivity index (χ1) is 40.9. The number of likely N-dealkylation sites (N-methyl/N-ethyl adjacent to an activating group) is 7. The minimum Gasteiger partial charge on any atom is -0.412 e. The van der Waals surface area contributed by atoms with Crippen LogP contribution in [-0.4, -0.2) is 230 Å². The molecule has 0 saturated carbocycles. The number of hydrogen-bond donors (Lipinski definition) is 4. The van der Waals surface area contributed by atoms with E-state index in [1.807, 2.05) is 101 Å². The molecule has 1 saturated heterocycles. The molecule has 1 rings (SSSR count). The maximum Gasteiger partial charge on any atom is 0.246 e. The summed E-state index contributed by atoms with van der Waals surface area (Å²) in [6, 6.07) is -11.9. The molecule has 1 fully saturated rings. The van der Waals surface area contributed by atoms with Gasteiger partial charge in [0, 0.05) is 49.3 Å². The highest BCUT2D eigenvalue weighted by molar-refractivity contribution is 6.69. The molecule has 4 N–H and O–H groups in total. The quantitative estimate of drug-likeness (QED) is 0.109. The Kier molecular flexibility index (Phi) is 33.0. The number of nitrogens with zero attached hydrogens (tertiary/aromatic N) is 7. The Bertz CT molecular complexity index is 2450. The summed E-state index contributed by atoms with van der Waals surface area (Å²) in [6.07, 6.45) is 4.09. The van der Waals surface area contributed by atoms with Crippen molar-refractivity contribution in [3.63, 3.8) is 0 Å². The Labute approximate surface area is 535 Å². The lowest BCUT2D eigenvalue weighted by molar-refractivity contribution is -0.157. The Balaban J connectivity index is 4.47. The van der Waals surface area contributed by atoms with Crippen LogP contribution in [0.2, 0.25) is 19.6 Å².